The number of hydrogen-bond donors (Lipinski definition) is 3. The number of sulfonamides is 1. The lowest BCUT2D eigenvalue weighted by molar-refractivity contribution is 0.597. The Hall–Kier alpha value is 0.280. The van der Waals surface area contributed by atoms with E-state index in [1.165, 1.54) is 12.1 Å². The largest absolute Gasteiger partial charge is 0.376 e. The van der Waals surface area contributed by atoms with E-state index in [1.807, 2.05) is 45.2 Å². The SMILES string of the molecule is NC(=S)Nc1c(I)cc(S(N)(=O)=O)cc1I. The fourth-order valence-corrected chi connectivity index (χ4v) is 4.08. The summed E-state index contributed by atoms with van der Waals surface area (Å²) < 4.78 is 23.7. The molecule has 0 bridgehead atoms. The molecule has 5 N–H and O–H groups in total. The number of benzene rings is 1. The predicted octanol–water partition coefficient (Wildman–Crippen LogP) is 1.20. The highest BCUT2D eigenvalue weighted by molar-refractivity contribution is 14.1. The van der Waals surface area contributed by atoms with E-state index in [2.05, 4.69) is 5.32 Å². The van der Waals surface area contributed by atoms with E-state index in [-0.39, 0.29) is 10.0 Å². The summed E-state index contributed by atoms with van der Waals surface area (Å²) in [5.41, 5.74) is 6.04. The van der Waals surface area contributed by atoms with Gasteiger partial charge in [0.1, 0.15) is 0 Å². The minimum atomic E-state index is -3.69. The van der Waals surface area contributed by atoms with E-state index in [9.17, 15) is 8.42 Å². The zero-order chi connectivity index (χ0) is 12.5. The Morgan fingerprint density at radius 3 is 2.06 bits per heavy atom. The average Bonchev–Trinajstić information content (AvgIpc) is 2.09. The second-order valence-electron chi connectivity index (χ2n) is 2.80. The molecule has 0 spiro atoms. The molecular weight excluding hydrogens is 476 g/mol. The predicted molar refractivity (Wildman–Crippen MR) is 83.7 cm³/mol. The first-order valence-corrected chi connectivity index (χ1v) is 7.91. The molecule has 0 unspecified atom stereocenters. The van der Waals surface area contributed by atoms with Crippen LogP contribution in [0.5, 0.6) is 0 Å². The van der Waals surface area contributed by atoms with Crippen LogP contribution in [0.25, 0.3) is 0 Å². The van der Waals surface area contributed by atoms with Crippen LogP contribution in [-0.2, 0) is 10.0 Å². The molecule has 0 aliphatic rings. The summed E-state index contributed by atoms with van der Waals surface area (Å²) in [6.45, 7) is 0. The van der Waals surface area contributed by atoms with Crippen molar-refractivity contribution >= 4 is 78.2 Å². The quantitative estimate of drug-likeness (QED) is 0.434. The number of hydrogen-bond acceptors (Lipinski definition) is 3. The number of anilines is 1. The van der Waals surface area contributed by atoms with Crippen LogP contribution in [0.3, 0.4) is 0 Å². The zero-order valence-corrected chi connectivity index (χ0v) is 13.6. The van der Waals surface area contributed by atoms with Crippen molar-refractivity contribution in [3.05, 3.63) is 19.3 Å². The lowest BCUT2D eigenvalue weighted by atomic mass is 10.3. The zero-order valence-electron chi connectivity index (χ0n) is 7.70. The Morgan fingerprint density at radius 2 is 1.75 bits per heavy atom. The Labute approximate surface area is 126 Å². The van der Waals surface area contributed by atoms with Crippen LogP contribution in [0.1, 0.15) is 0 Å². The standard InChI is InChI=1S/C7H7I2N3O2S2/c8-4-1-3(16(11,13)14)2-5(9)6(4)12-7(10)15/h1-2H,(H3,10,12,15)(H2,11,13,14). The van der Waals surface area contributed by atoms with E-state index in [1.54, 1.807) is 0 Å². The molecular formula is C7H7I2N3O2S2. The van der Waals surface area contributed by atoms with Gasteiger partial charge in [-0.15, -0.1) is 0 Å². The van der Waals surface area contributed by atoms with Gasteiger partial charge < -0.3 is 11.1 Å². The molecule has 0 aliphatic carbocycles. The van der Waals surface area contributed by atoms with Gasteiger partial charge in [0.2, 0.25) is 10.0 Å². The van der Waals surface area contributed by atoms with Gasteiger partial charge in [-0.2, -0.15) is 0 Å². The maximum atomic E-state index is 11.2. The highest BCUT2D eigenvalue weighted by Gasteiger charge is 2.14. The molecule has 0 fully saturated rings. The van der Waals surface area contributed by atoms with Crippen LogP contribution < -0.4 is 16.2 Å². The van der Waals surface area contributed by atoms with Gasteiger partial charge >= 0.3 is 0 Å². The Balaban J connectivity index is 3.34. The van der Waals surface area contributed by atoms with Crippen molar-refractivity contribution in [2.75, 3.05) is 5.32 Å². The molecule has 1 aromatic rings. The molecule has 88 valence electrons. The molecule has 5 nitrogen and oxygen atoms in total. The molecule has 9 heteroatoms. The molecule has 1 aromatic carbocycles. The van der Waals surface area contributed by atoms with E-state index in [4.69, 9.17) is 23.1 Å². The third-order valence-corrected chi connectivity index (χ3v) is 4.29. The van der Waals surface area contributed by atoms with Crippen molar-refractivity contribution in [1.82, 2.24) is 0 Å². The second-order valence-corrected chi connectivity index (χ2v) is 7.12. The maximum Gasteiger partial charge on any atom is 0.238 e. The van der Waals surface area contributed by atoms with Gasteiger partial charge in [-0.1, -0.05) is 0 Å². The summed E-state index contributed by atoms with van der Waals surface area (Å²) in [7, 11) is -3.69. The number of nitrogens with one attached hydrogen (secondary N) is 1. The number of thiocarbonyl (C=S) groups is 1. The van der Waals surface area contributed by atoms with Gasteiger partial charge in [-0.3, -0.25) is 0 Å². The number of nitrogens with two attached hydrogens (primary N) is 2. The highest BCUT2D eigenvalue weighted by Crippen LogP contribution is 2.27. The van der Waals surface area contributed by atoms with E-state index >= 15 is 0 Å². The van der Waals surface area contributed by atoms with Crippen LogP contribution in [0.15, 0.2) is 17.0 Å². The minimum Gasteiger partial charge on any atom is -0.376 e. The topological polar surface area (TPSA) is 98.2 Å². The molecule has 16 heavy (non-hydrogen) atoms. The summed E-state index contributed by atoms with van der Waals surface area (Å²) in [4.78, 5) is 0.0646. The normalized spacial score (nSPS) is 11.2. The Bertz CT molecular complexity index is 522. The van der Waals surface area contributed by atoms with Crippen LogP contribution in [0.2, 0.25) is 0 Å². The summed E-state index contributed by atoms with van der Waals surface area (Å²) in [6, 6.07) is 2.91. The third kappa shape index (κ3) is 3.65. The number of rotatable bonds is 2. The molecule has 1 rings (SSSR count). The van der Waals surface area contributed by atoms with E-state index in [0.717, 1.165) is 0 Å². The van der Waals surface area contributed by atoms with Gasteiger partial charge in [-0.25, -0.2) is 13.6 Å². The number of primary sulfonamides is 1. The first-order chi connectivity index (χ1) is 7.21. The summed E-state index contributed by atoms with van der Waals surface area (Å²) in [5.74, 6) is 0. The van der Waals surface area contributed by atoms with Crippen molar-refractivity contribution < 1.29 is 8.42 Å². The summed E-state index contributed by atoms with van der Waals surface area (Å²) >= 11 is 8.69. The molecule has 0 amide bonds. The van der Waals surface area contributed by atoms with Crippen LogP contribution in [-0.4, -0.2) is 13.5 Å². The first kappa shape index (κ1) is 14.3. The molecule has 0 saturated carbocycles. The van der Waals surface area contributed by atoms with Gasteiger partial charge in [0.05, 0.1) is 10.6 Å². The van der Waals surface area contributed by atoms with Crippen LogP contribution in [0.4, 0.5) is 5.69 Å². The van der Waals surface area contributed by atoms with E-state index < -0.39 is 10.0 Å². The van der Waals surface area contributed by atoms with Crippen LogP contribution >= 0.6 is 57.4 Å². The van der Waals surface area contributed by atoms with Crippen LogP contribution in [0, 0.1) is 7.14 Å². The molecule has 0 heterocycles. The van der Waals surface area contributed by atoms with Gasteiger partial charge in [0.25, 0.3) is 0 Å². The van der Waals surface area contributed by atoms with Crippen molar-refractivity contribution in [3.8, 4) is 0 Å². The van der Waals surface area contributed by atoms with Crippen molar-refractivity contribution in [1.29, 1.82) is 0 Å². The molecule has 0 atom stereocenters. The number of halogens is 2. The Morgan fingerprint density at radius 1 is 1.31 bits per heavy atom. The van der Waals surface area contributed by atoms with Gasteiger partial charge in [-0.05, 0) is 69.5 Å². The van der Waals surface area contributed by atoms with Crippen molar-refractivity contribution in [2.24, 2.45) is 10.9 Å². The summed E-state index contributed by atoms with van der Waals surface area (Å²) in [6.07, 6.45) is 0. The van der Waals surface area contributed by atoms with Crippen molar-refractivity contribution in [2.45, 2.75) is 4.90 Å². The van der Waals surface area contributed by atoms with Gasteiger partial charge in [0, 0.05) is 7.14 Å². The molecule has 0 aliphatic heterocycles. The average molecular weight is 483 g/mol. The minimum absolute atomic E-state index is 0.0646. The van der Waals surface area contributed by atoms with Crippen molar-refractivity contribution in [3.63, 3.8) is 0 Å². The second kappa shape index (κ2) is 5.29. The highest BCUT2D eigenvalue weighted by atomic mass is 127. The molecule has 0 aromatic heterocycles. The lowest BCUT2D eigenvalue weighted by Gasteiger charge is -2.10. The first-order valence-electron chi connectivity index (χ1n) is 3.80. The monoisotopic (exact) mass is 483 g/mol. The fourth-order valence-electron chi connectivity index (χ4n) is 0.957. The molecule has 0 radical (unpaired) electrons. The summed E-state index contributed by atoms with van der Waals surface area (Å²) in [5, 5.41) is 7.94. The maximum absolute atomic E-state index is 11.2. The smallest absolute Gasteiger partial charge is 0.238 e. The third-order valence-electron chi connectivity index (χ3n) is 1.59. The lowest BCUT2D eigenvalue weighted by Crippen LogP contribution is -2.21. The fraction of sp³-hybridized carbons (Fsp3) is 0. The van der Waals surface area contributed by atoms with Gasteiger partial charge in [0.15, 0.2) is 5.11 Å². The molecule has 0 saturated heterocycles. The Kier molecular flexibility index (Phi) is 4.74. The van der Waals surface area contributed by atoms with E-state index in [0.29, 0.717) is 12.8 Å².